The van der Waals surface area contributed by atoms with E-state index < -0.39 is 5.66 Å². The third-order valence-electron chi connectivity index (χ3n) is 5.97. The quantitative estimate of drug-likeness (QED) is 0.714. The summed E-state index contributed by atoms with van der Waals surface area (Å²) < 4.78 is 16.6. The molecule has 1 saturated heterocycles. The first kappa shape index (κ1) is 21.2. The lowest BCUT2D eigenvalue weighted by Crippen LogP contribution is -2.58. The number of benzene rings is 1. The number of nitrogens with zero attached hydrogens (tertiary/aromatic N) is 4. The van der Waals surface area contributed by atoms with Crippen LogP contribution >= 0.6 is 0 Å². The zero-order chi connectivity index (χ0) is 21.8. The number of rotatable bonds is 5. The van der Waals surface area contributed by atoms with Crippen LogP contribution in [-0.4, -0.2) is 68.4 Å². The van der Waals surface area contributed by atoms with Gasteiger partial charge in [0.2, 0.25) is 11.9 Å². The van der Waals surface area contributed by atoms with Gasteiger partial charge in [-0.2, -0.15) is 4.99 Å². The van der Waals surface area contributed by atoms with Gasteiger partial charge in [0.1, 0.15) is 5.66 Å². The van der Waals surface area contributed by atoms with Crippen molar-refractivity contribution in [2.24, 2.45) is 21.5 Å². The summed E-state index contributed by atoms with van der Waals surface area (Å²) in [6.07, 6.45) is 4.94. The van der Waals surface area contributed by atoms with E-state index in [0.29, 0.717) is 43.8 Å². The van der Waals surface area contributed by atoms with E-state index in [1.165, 1.54) is 0 Å². The second-order valence-corrected chi connectivity index (χ2v) is 7.94. The molecule has 4 rings (SSSR count). The van der Waals surface area contributed by atoms with Crippen molar-refractivity contribution in [2.45, 2.75) is 37.8 Å². The smallest absolute Gasteiger partial charge is 0.260 e. The predicted molar refractivity (Wildman–Crippen MR) is 117 cm³/mol. The van der Waals surface area contributed by atoms with Crippen LogP contribution in [0.15, 0.2) is 28.2 Å². The Morgan fingerprint density at radius 1 is 1.16 bits per heavy atom. The Morgan fingerprint density at radius 2 is 1.90 bits per heavy atom. The third kappa shape index (κ3) is 4.39. The maximum atomic E-state index is 12.4. The molecule has 10 nitrogen and oxygen atoms in total. The van der Waals surface area contributed by atoms with E-state index in [9.17, 15) is 4.79 Å². The van der Waals surface area contributed by atoms with Crippen molar-refractivity contribution in [1.82, 2.24) is 4.90 Å². The van der Waals surface area contributed by atoms with Crippen molar-refractivity contribution in [1.29, 1.82) is 0 Å². The molecule has 0 atom stereocenters. The molecule has 1 saturated carbocycles. The van der Waals surface area contributed by atoms with Gasteiger partial charge in [0.15, 0.2) is 18.1 Å². The lowest BCUT2D eigenvalue weighted by Gasteiger charge is -2.45. The van der Waals surface area contributed by atoms with E-state index >= 15 is 0 Å². The van der Waals surface area contributed by atoms with E-state index in [-0.39, 0.29) is 18.5 Å². The minimum absolute atomic E-state index is 0.0617. The van der Waals surface area contributed by atoms with Crippen molar-refractivity contribution in [3.8, 4) is 11.5 Å². The minimum Gasteiger partial charge on any atom is -0.493 e. The average Bonchev–Trinajstić information content (AvgIpc) is 2.78. The van der Waals surface area contributed by atoms with Gasteiger partial charge in [-0.3, -0.25) is 9.69 Å². The van der Waals surface area contributed by atoms with E-state index in [0.717, 1.165) is 37.8 Å². The fourth-order valence-corrected chi connectivity index (χ4v) is 4.45. The molecule has 3 aliphatic rings. The summed E-state index contributed by atoms with van der Waals surface area (Å²) in [5, 5.41) is 0. The molecule has 2 aliphatic heterocycles. The largest absolute Gasteiger partial charge is 0.493 e. The molecule has 1 aliphatic carbocycles. The van der Waals surface area contributed by atoms with Crippen molar-refractivity contribution in [2.75, 3.05) is 44.9 Å². The molecule has 1 aromatic rings. The fraction of sp³-hybridized carbons (Fsp3) is 0.571. The maximum absolute atomic E-state index is 12.4. The summed E-state index contributed by atoms with van der Waals surface area (Å²) in [7, 11) is 1.57. The molecular formula is C21H30N6O4. The predicted octanol–water partition coefficient (Wildman–Crippen LogP) is 1.04. The van der Waals surface area contributed by atoms with E-state index in [4.69, 9.17) is 30.7 Å². The second kappa shape index (κ2) is 9.01. The molecule has 1 amide bonds. The van der Waals surface area contributed by atoms with Gasteiger partial charge in [0.05, 0.1) is 26.0 Å². The standard InChI is InChI=1S/C21H30N6O4/c1-29-17-13-15(5-6-16(17)31-14-18(28)26-9-11-30-12-10-26)27-20(23)24-19(22)25-21(27)7-3-2-4-8-21/h5-6,13H,2-4,7-12,14H2,1H3,(H4,22,23,24,25). The van der Waals surface area contributed by atoms with E-state index in [2.05, 4.69) is 4.99 Å². The highest BCUT2D eigenvalue weighted by atomic mass is 16.5. The van der Waals surface area contributed by atoms with Crippen molar-refractivity contribution >= 4 is 23.5 Å². The van der Waals surface area contributed by atoms with Crippen LogP contribution in [0.3, 0.4) is 0 Å². The van der Waals surface area contributed by atoms with Crippen LogP contribution in [0, 0.1) is 0 Å². The lowest BCUT2D eigenvalue weighted by atomic mass is 9.87. The maximum Gasteiger partial charge on any atom is 0.260 e. The first-order valence-electron chi connectivity index (χ1n) is 10.7. The number of amides is 1. The molecule has 2 heterocycles. The Labute approximate surface area is 181 Å². The number of hydrogen-bond acceptors (Lipinski definition) is 9. The second-order valence-electron chi connectivity index (χ2n) is 7.94. The summed E-state index contributed by atoms with van der Waals surface area (Å²) in [4.78, 5) is 25.0. The SMILES string of the molecule is COc1cc(N2C(N)=NC(N)=NC23CCCCC3)ccc1OCC(=O)N1CCOCC1. The number of methoxy groups -OCH3 is 1. The normalized spacial score (nSPS) is 20.8. The van der Waals surface area contributed by atoms with Crippen molar-refractivity contribution in [3.63, 3.8) is 0 Å². The van der Waals surface area contributed by atoms with Gasteiger partial charge in [-0.1, -0.05) is 6.42 Å². The fourth-order valence-electron chi connectivity index (χ4n) is 4.45. The van der Waals surface area contributed by atoms with Crippen molar-refractivity contribution in [3.05, 3.63) is 18.2 Å². The first-order valence-corrected chi connectivity index (χ1v) is 10.7. The van der Waals surface area contributed by atoms with Crippen LogP contribution < -0.4 is 25.8 Å². The number of nitrogens with two attached hydrogens (primary N) is 2. The number of morpholine rings is 1. The number of hydrogen-bond donors (Lipinski definition) is 2. The van der Waals surface area contributed by atoms with Gasteiger partial charge in [-0.05, 0) is 37.8 Å². The summed E-state index contributed by atoms with van der Waals surface area (Å²) in [6.45, 7) is 2.21. The summed E-state index contributed by atoms with van der Waals surface area (Å²) in [5.74, 6) is 1.44. The molecule has 2 fully saturated rings. The van der Waals surface area contributed by atoms with Crippen LogP contribution in [0.2, 0.25) is 0 Å². The molecule has 0 unspecified atom stereocenters. The molecule has 0 radical (unpaired) electrons. The lowest BCUT2D eigenvalue weighted by molar-refractivity contribution is -0.137. The Balaban J connectivity index is 1.54. The molecular weight excluding hydrogens is 400 g/mol. The monoisotopic (exact) mass is 430 g/mol. The van der Waals surface area contributed by atoms with Gasteiger partial charge in [-0.25, -0.2) is 4.99 Å². The number of guanidine groups is 2. The summed E-state index contributed by atoms with van der Waals surface area (Å²) >= 11 is 0. The zero-order valence-electron chi connectivity index (χ0n) is 17.9. The molecule has 0 aromatic heterocycles. The summed E-state index contributed by atoms with van der Waals surface area (Å²) in [5.41, 5.74) is 12.5. The minimum atomic E-state index is -0.534. The third-order valence-corrected chi connectivity index (χ3v) is 5.97. The zero-order valence-corrected chi connectivity index (χ0v) is 17.9. The van der Waals surface area contributed by atoms with Gasteiger partial charge in [0.25, 0.3) is 5.91 Å². The Hall–Kier alpha value is -3.01. The Kier molecular flexibility index (Phi) is 6.17. The molecule has 4 N–H and O–H groups in total. The Bertz CT molecular complexity index is 875. The highest BCUT2D eigenvalue weighted by Gasteiger charge is 2.42. The molecule has 1 aromatic carbocycles. The average molecular weight is 431 g/mol. The number of carbonyl (C=O) groups excluding carboxylic acids is 1. The number of anilines is 1. The van der Waals surface area contributed by atoms with Crippen LogP contribution in [0.1, 0.15) is 32.1 Å². The topological polar surface area (TPSA) is 128 Å². The molecule has 10 heteroatoms. The highest BCUT2D eigenvalue weighted by Crippen LogP contribution is 2.41. The van der Waals surface area contributed by atoms with Crippen LogP contribution in [0.5, 0.6) is 11.5 Å². The van der Waals surface area contributed by atoms with Gasteiger partial charge in [-0.15, -0.1) is 0 Å². The molecule has 168 valence electrons. The number of carbonyl (C=O) groups is 1. The van der Waals surface area contributed by atoms with Crippen LogP contribution in [0.4, 0.5) is 5.69 Å². The van der Waals surface area contributed by atoms with Crippen LogP contribution in [0.25, 0.3) is 0 Å². The van der Waals surface area contributed by atoms with E-state index in [1.807, 2.05) is 17.0 Å². The van der Waals surface area contributed by atoms with E-state index in [1.54, 1.807) is 18.1 Å². The molecule has 1 spiro atoms. The Morgan fingerprint density at radius 3 is 2.61 bits per heavy atom. The van der Waals surface area contributed by atoms with Crippen LogP contribution in [-0.2, 0) is 9.53 Å². The summed E-state index contributed by atoms with van der Waals surface area (Å²) in [6, 6.07) is 5.50. The molecule has 31 heavy (non-hydrogen) atoms. The van der Waals surface area contributed by atoms with Crippen molar-refractivity contribution < 1.29 is 19.0 Å². The first-order chi connectivity index (χ1) is 15.0. The highest BCUT2D eigenvalue weighted by molar-refractivity contribution is 6.05. The van der Waals surface area contributed by atoms with Gasteiger partial charge in [0, 0.05) is 19.2 Å². The molecule has 0 bridgehead atoms. The number of ether oxygens (including phenoxy) is 3. The van der Waals surface area contributed by atoms with Gasteiger partial charge >= 0.3 is 0 Å². The number of aliphatic imine (C=N–C) groups is 2. The van der Waals surface area contributed by atoms with Gasteiger partial charge < -0.3 is 30.6 Å².